The van der Waals surface area contributed by atoms with Gasteiger partial charge in [0.05, 0.1) is 7.11 Å². The summed E-state index contributed by atoms with van der Waals surface area (Å²) >= 11 is 0. The van der Waals surface area contributed by atoms with E-state index in [4.69, 9.17) is 18.9 Å². The maximum Gasteiger partial charge on any atom is 0.407 e. The Balaban J connectivity index is 0.979. The molecule has 4 amide bonds. The van der Waals surface area contributed by atoms with Gasteiger partial charge in [-0.2, -0.15) is 0 Å². The standard InChI is InChI=1S/C58H74N4O11/c1-57(2,3)72-51(64)30-29-49(54(67)73-58(4,5)6)62-55(68)61-48(53(66)70-7)22-14-15-31-59-52(65)42(33-38-25-26-39-16-8-9-17-41(39)32-38)34-50(63)40-27-23-37(24-28-40)35-60-56(69)71-36-47-45-20-12-10-18-43(45)44-19-11-13-21-46(44)47/h8-13,16-21,25-26,32,37,40,42,47-49H,14-15,22-24,27-31,33-36H2,1-7H3,(H,59,65)(H,60,69)(H2,61,62,68). The lowest BCUT2D eigenvalue weighted by Gasteiger charge is -2.28. The van der Waals surface area contributed by atoms with Gasteiger partial charge in [-0.15, -0.1) is 0 Å². The maximum absolute atomic E-state index is 14.0. The molecule has 73 heavy (non-hydrogen) atoms. The number of urea groups is 1. The molecule has 0 spiro atoms. The fourth-order valence-corrected chi connectivity index (χ4v) is 9.74. The largest absolute Gasteiger partial charge is 0.467 e. The Hall–Kier alpha value is -6.77. The van der Waals surface area contributed by atoms with E-state index in [1.54, 1.807) is 41.5 Å². The van der Waals surface area contributed by atoms with Crippen molar-refractivity contribution in [2.24, 2.45) is 17.8 Å². The second-order valence-electron chi connectivity index (χ2n) is 21.4. The van der Waals surface area contributed by atoms with E-state index in [9.17, 15) is 33.6 Å². The third-order valence-electron chi connectivity index (χ3n) is 13.4. The Bertz CT molecular complexity index is 2530. The normalized spacial score (nSPS) is 16.6. The highest BCUT2D eigenvalue weighted by molar-refractivity contribution is 5.89. The van der Waals surface area contributed by atoms with Crippen LogP contribution in [-0.4, -0.2) is 91.8 Å². The molecule has 0 aromatic heterocycles. The summed E-state index contributed by atoms with van der Waals surface area (Å²) < 4.78 is 21.6. The highest BCUT2D eigenvalue weighted by atomic mass is 16.6. The van der Waals surface area contributed by atoms with Crippen LogP contribution >= 0.6 is 0 Å². The van der Waals surface area contributed by atoms with Gasteiger partial charge in [0.25, 0.3) is 0 Å². The molecular formula is C58H74N4O11. The highest BCUT2D eigenvalue weighted by Gasteiger charge is 2.33. The summed E-state index contributed by atoms with van der Waals surface area (Å²) in [4.78, 5) is 92.5. The van der Waals surface area contributed by atoms with Gasteiger partial charge in [0.15, 0.2) is 0 Å². The summed E-state index contributed by atoms with van der Waals surface area (Å²) in [6, 6.07) is 27.4. The number of fused-ring (bicyclic) bond motifs is 4. The summed E-state index contributed by atoms with van der Waals surface area (Å²) in [5, 5.41) is 13.2. The van der Waals surface area contributed by atoms with Gasteiger partial charge in [0.1, 0.15) is 35.7 Å². The minimum Gasteiger partial charge on any atom is -0.467 e. The van der Waals surface area contributed by atoms with Gasteiger partial charge in [-0.1, -0.05) is 91.0 Å². The molecule has 15 heteroatoms. The number of esters is 3. The summed E-state index contributed by atoms with van der Waals surface area (Å²) in [6.45, 7) is 11.2. The van der Waals surface area contributed by atoms with Crippen molar-refractivity contribution in [1.82, 2.24) is 21.3 Å². The number of Topliss-reactive ketones (excluding diaryl/α,β-unsaturated/α-hetero) is 1. The van der Waals surface area contributed by atoms with Gasteiger partial charge in [0, 0.05) is 43.7 Å². The van der Waals surface area contributed by atoms with E-state index in [0.29, 0.717) is 38.6 Å². The first-order valence-corrected chi connectivity index (χ1v) is 25.7. The van der Waals surface area contributed by atoms with E-state index in [2.05, 4.69) is 51.6 Å². The zero-order chi connectivity index (χ0) is 52.7. The number of carbonyl (C=O) groups excluding carboxylic acids is 7. The molecule has 3 atom stereocenters. The van der Waals surface area contributed by atoms with Crippen LogP contribution in [0.25, 0.3) is 21.9 Å². The Morgan fingerprint density at radius 2 is 1.26 bits per heavy atom. The number of nitrogens with one attached hydrogen (secondary N) is 4. The van der Waals surface area contributed by atoms with Crippen molar-refractivity contribution in [3.05, 3.63) is 108 Å². The fraction of sp³-hybridized carbons (Fsp3) is 0.500. The molecule has 15 nitrogen and oxygen atoms in total. The third kappa shape index (κ3) is 16.9. The second kappa shape index (κ2) is 25.7. The molecule has 2 aliphatic carbocycles. The lowest BCUT2D eigenvalue weighted by molar-refractivity contribution is -0.158. The van der Waals surface area contributed by atoms with Crippen LogP contribution in [-0.2, 0) is 49.3 Å². The van der Waals surface area contributed by atoms with Gasteiger partial charge in [-0.25, -0.2) is 19.2 Å². The van der Waals surface area contributed by atoms with E-state index >= 15 is 0 Å². The monoisotopic (exact) mass is 1000 g/mol. The lowest BCUT2D eigenvalue weighted by Crippen LogP contribution is -2.52. The van der Waals surface area contributed by atoms with Crippen molar-refractivity contribution in [2.45, 2.75) is 141 Å². The van der Waals surface area contributed by atoms with Gasteiger partial charge in [-0.05, 0) is 144 Å². The second-order valence-corrected chi connectivity index (χ2v) is 21.4. The predicted octanol–water partition coefficient (Wildman–Crippen LogP) is 9.26. The van der Waals surface area contributed by atoms with Crippen molar-refractivity contribution in [3.8, 4) is 11.1 Å². The van der Waals surface area contributed by atoms with E-state index in [1.165, 1.54) is 18.2 Å². The quantitative estimate of drug-likeness (QED) is 0.0332. The number of rotatable bonds is 22. The zero-order valence-electron chi connectivity index (χ0n) is 43.5. The molecular weight excluding hydrogens is 929 g/mol. The number of methoxy groups -OCH3 is 1. The average molecular weight is 1000 g/mol. The number of ether oxygens (including phenoxy) is 4. The van der Waals surface area contributed by atoms with E-state index in [0.717, 1.165) is 40.3 Å². The van der Waals surface area contributed by atoms with Crippen LogP contribution in [0.5, 0.6) is 0 Å². The van der Waals surface area contributed by atoms with Crippen LogP contribution < -0.4 is 21.3 Å². The van der Waals surface area contributed by atoms with Gasteiger partial charge >= 0.3 is 30.0 Å². The SMILES string of the molecule is COC(=O)C(CCCCNC(=O)C(CC(=O)C1CCC(CNC(=O)OCC2c3ccccc3-c3ccccc32)CC1)Cc1ccc2ccccc2c1)NC(=O)NC(CCC(=O)OC(C)(C)C)C(=O)OC(C)(C)C. The van der Waals surface area contributed by atoms with Gasteiger partial charge in [-0.3, -0.25) is 14.4 Å². The van der Waals surface area contributed by atoms with Crippen LogP contribution in [0.15, 0.2) is 91.0 Å². The number of carbonyl (C=O) groups is 7. The number of alkyl carbamates (subject to hydrolysis) is 1. The van der Waals surface area contributed by atoms with E-state index in [-0.39, 0.29) is 68.3 Å². The number of amides is 4. The first kappa shape index (κ1) is 55.5. The van der Waals surface area contributed by atoms with E-state index in [1.807, 2.05) is 60.7 Å². The van der Waals surface area contributed by atoms with Crippen LogP contribution in [0.2, 0.25) is 0 Å². The Labute approximate surface area is 429 Å². The predicted molar refractivity (Wildman–Crippen MR) is 278 cm³/mol. The van der Waals surface area contributed by atoms with Gasteiger partial charge in [0.2, 0.25) is 5.91 Å². The number of hydrogen-bond donors (Lipinski definition) is 4. The molecule has 0 radical (unpaired) electrons. The van der Waals surface area contributed by atoms with Crippen molar-refractivity contribution < 1.29 is 52.5 Å². The Morgan fingerprint density at radius 1 is 0.658 bits per heavy atom. The summed E-state index contributed by atoms with van der Waals surface area (Å²) in [5.74, 6) is -2.83. The molecule has 3 unspecified atom stereocenters. The molecule has 1 fully saturated rings. The first-order chi connectivity index (χ1) is 34.8. The Morgan fingerprint density at radius 3 is 1.89 bits per heavy atom. The Kier molecular flexibility index (Phi) is 19.6. The summed E-state index contributed by atoms with van der Waals surface area (Å²) in [7, 11) is 1.20. The van der Waals surface area contributed by atoms with Gasteiger partial charge < -0.3 is 40.2 Å². The summed E-state index contributed by atoms with van der Waals surface area (Å²) in [6.07, 6.45) is 3.61. The van der Waals surface area contributed by atoms with Crippen molar-refractivity contribution in [3.63, 3.8) is 0 Å². The van der Waals surface area contributed by atoms with Crippen molar-refractivity contribution in [1.29, 1.82) is 0 Å². The molecule has 1 saturated carbocycles. The molecule has 392 valence electrons. The average Bonchev–Trinajstić information content (AvgIpc) is 3.67. The fourth-order valence-electron chi connectivity index (χ4n) is 9.74. The molecule has 4 aromatic carbocycles. The van der Waals surface area contributed by atoms with Crippen molar-refractivity contribution in [2.75, 3.05) is 26.8 Å². The minimum absolute atomic E-state index is 0.0252. The van der Waals surface area contributed by atoms with E-state index < -0.39 is 59.2 Å². The van der Waals surface area contributed by atoms with Crippen molar-refractivity contribution >= 4 is 52.5 Å². The highest BCUT2D eigenvalue weighted by Crippen LogP contribution is 2.44. The topological polar surface area (TPSA) is 205 Å². The van der Waals surface area contributed by atoms with Crippen LogP contribution in [0.4, 0.5) is 9.59 Å². The molecule has 0 bridgehead atoms. The number of unbranched alkanes of at least 4 members (excludes halogenated alkanes) is 1. The molecule has 0 heterocycles. The van der Waals surface area contributed by atoms with Crippen LogP contribution in [0.3, 0.4) is 0 Å². The molecule has 6 rings (SSSR count). The molecule has 2 aliphatic rings. The third-order valence-corrected chi connectivity index (χ3v) is 13.4. The minimum atomic E-state index is -1.21. The molecule has 4 N–H and O–H groups in total. The number of benzene rings is 4. The van der Waals surface area contributed by atoms with Crippen LogP contribution in [0.1, 0.15) is 128 Å². The summed E-state index contributed by atoms with van der Waals surface area (Å²) in [5.41, 5.74) is 3.98. The molecule has 4 aromatic rings. The zero-order valence-corrected chi connectivity index (χ0v) is 43.5. The maximum atomic E-state index is 14.0. The first-order valence-electron chi connectivity index (χ1n) is 25.7. The molecule has 0 aliphatic heterocycles. The smallest absolute Gasteiger partial charge is 0.407 e. The lowest BCUT2D eigenvalue weighted by atomic mass is 9.77. The number of hydrogen-bond acceptors (Lipinski definition) is 11. The number of ketones is 1. The van der Waals surface area contributed by atoms with Crippen LogP contribution in [0, 0.1) is 17.8 Å². The molecule has 0 saturated heterocycles.